The summed E-state index contributed by atoms with van der Waals surface area (Å²) in [7, 11) is 1.58. The van der Waals surface area contributed by atoms with Crippen LogP contribution in [-0.2, 0) is 16.1 Å². The Labute approximate surface area is 225 Å². The maximum absolute atomic E-state index is 12.2. The SMILES string of the molecule is C=CC(=O)Nc1cc(Nc2nccc(-n3cc(CO)c(-c4ccccc4)n3)n2)c(OC)cc1N1CCOCC1. The lowest BCUT2D eigenvalue weighted by Gasteiger charge is -2.31. The number of anilines is 4. The first kappa shape index (κ1) is 25.9. The Kier molecular flexibility index (Phi) is 7.80. The van der Waals surface area contributed by atoms with Crippen molar-refractivity contribution in [2.75, 3.05) is 48.9 Å². The second kappa shape index (κ2) is 11.8. The summed E-state index contributed by atoms with van der Waals surface area (Å²) in [6, 6.07) is 15.0. The van der Waals surface area contributed by atoms with Crippen LogP contribution >= 0.6 is 0 Å². The molecule has 1 amide bonds. The van der Waals surface area contributed by atoms with Crippen LogP contribution in [0.3, 0.4) is 0 Å². The number of hydrogen-bond acceptors (Lipinski definition) is 9. The molecule has 39 heavy (non-hydrogen) atoms. The number of aliphatic hydroxyl groups excluding tert-OH is 1. The van der Waals surface area contributed by atoms with Gasteiger partial charge in [-0.15, -0.1) is 0 Å². The molecule has 11 nitrogen and oxygen atoms in total. The van der Waals surface area contributed by atoms with E-state index in [0.29, 0.717) is 66.5 Å². The number of benzene rings is 2. The van der Waals surface area contributed by atoms with Gasteiger partial charge < -0.3 is 30.1 Å². The molecule has 200 valence electrons. The van der Waals surface area contributed by atoms with E-state index in [1.54, 1.807) is 36.3 Å². The Balaban J connectivity index is 1.48. The zero-order valence-electron chi connectivity index (χ0n) is 21.5. The maximum atomic E-state index is 12.2. The number of morpholine rings is 1. The number of nitrogens with one attached hydrogen (secondary N) is 2. The molecule has 0 aliphatic carbocycles. The molecule has 0 spiro atoms. The summed E-state index contributed by atoms with van der Waals surface area (Å²) in [5.41, 5.74) is 4.21. The standard InChI is InChI=1S/C28H29N7O4/c1-3-26(37)30-21-15-22(24(38-2)16-23(21)34-11-13-39-14-12-34)31-28-29-10-9-25(32-28)35-17-20(18-36)27(33-35)19-7-5-4-6-8-19/h3-10,15-17,36H,1,11-14,18H2,2H3,(H,30,37)(H,29,31,32). The fourth-order valence-electron chi connectivity index (χ4n) is 4.32. The van der Waals surface area contributed by atoms with Gasteiger partial charge in [0.2, 0.25) is 11.9 Å². The molecule has 0 unspecified atom stereocenters. The normalized spacial score (nSPS) is 13.1. The van der Waals surface area contributed by atoms with E-state index >= 15 is 0 Å². The van der Waals surface area contributed by atoms with Crippen LogP contribution in [0.15, 0.2) is 73.6 Å². The minimum absolute atomic E-state index is 0.160. The number of carbonyl (C=O) groups is 1. The van der Waals surface area contributed by atoms with Crippen molar-refractivity contribution in [3.63, 3.8) is 0 Å². The highest BCUT2D eigenvalue weighted by molar-refractivity contribution is 6.02. The van der Waals surface area contributed by atoms with E-state index in [1.807, 2.05) is 36.4 Å². The molecule has 5 rings (SSSR count). The molecule has 1 aliphatic rings. The summed E-state index contributed by atoms with van der Waals surface area (Å²) in [5.74, 6) is 1.03. The van der Waals surface area contributed by atoms with Gasteiger partial charge >= 0.3 is 0 Å². The van der Waals surface area contributed by atoms with E-state index in [4.69, 9.17) is 9.47 Å². The van der Waals surface area contributed by atoms with Gasteiger partial charge in [-0.05, 0) is 12.1 Å². The lowest BCUT2D eigenvalue weighted by Crippen LogP contribution is -2.36. The largest absolute Gasteiger partial charge is 0.494 e. The van der Waals surface area contributed by atoms with Crippen LogP contribution in [-0.4, -0.2) is 64.2 Å². The number of amides is 1. The lowest BCUT2D eigenvalue weighted by atomic mass is 10.1. The van der Waals surface area contributed by atoms with Gasteiger partial charge in [-0.1, -0.05) is 36.9 Å². The predicted molar refractivity (Wildman–Crippen MR) is 149 cm³/mol. The van der Waals surface area contributed by atoms with Gasteiger partial charge in [0.05, 0.1) is 49.7 Å². The molecule has 1 fully saturated rings. The second-order valence-electron chi connectivity index (χ2n) is 8.70. The first-order valence-electron chi connectivity index (χ1n) is 12.4. The smallest absolute Gasteiger partial charge is 0.247 e. The number of aliphatic hydroxyl groups is 1. The van der Waals surface area contributed by atoms with E-state index in [-0.39, 0.29) is 12.5 Å². The number of aromatic nitrogens is 4. The van der Waals surface area contributed by atoms with Crippen LogP contribution in [0.1, 0.15) is 5.56 Å². The van der Waals surface area contributed by atoms with Gasteiger partial charge in [-0.2, -0.15) is 10.1 Å². The zero-order chi connectivity index (χ0) is 27.2. The molecule has 1 saturated heterocycles. The molecule has 3 N–H and O–H groups in total. The third-order valence-electron chi connectivity index (χ3n) is 6.24. The Morgan fingerprint density at radius 1 is 1.18 bits per heavy atom. The molecule has 2 aromatic carbocycles. The highest BCUT2D eigenvalue weighted by atomic mass is 16.5. The molecule has 0 atom stereocenters. The van der Waals surface area contributed by atoms with Crippen molar-refractivity contribution < 1.29 is 19.4 Å². The van der Waals surface area contributed by atoms with Gasteiger partial charge in [0.15, 0.2) is 5.82 Å². The minimum atomic E-state index is -0.327. The van der Waals surface area contributed by atoms with Crippen molar-refractivity contribution in [1.82, 2.24) is 19.7 Å². The number of rotatable bonds is 9. The number of carbonyl (C=O) groups excluding carboxylic acids is 1. The first-order chi connectivity index (χ1) is 19.1. The highest BCUT2D eigenvalue weighted by Crippen LogP contribution is 2.38. The van der Waals surface area contributed by atoms with Crippen molar-refractivity contribution in [3.8, 4) is 22.8 Å². The van der Waals surface area contributed by atoms with Gasteiger partial charge in [0.1, 0.15) is 5.75 Å². The van der Waals surface area contributed by atoms with E-state index in [9.17, 15) is 9.90 Å². The maximum Gasteiger partial charge on any atom is 0.247 e. The Morgan fingerprint density at radius 2 is 1.97 bits per heavy atom. The summed E-state index contributed by atoms with van der Waals surface area (Å²) >= 11 is 0. The minimum Gasteiger partial charge on any atom is -0.494 e. The van der Waals surface area contributed by atoms with Crippen LogP contribution in [0.2, 0.25) is 0 Å². The molecule has 4 aromatic rings. The van der Waals surface area contributed by atoms with E-state index in [1.165, 1.54) is 6.08 Å². The summed E-state index contributed by atoms with van der Waals surface area (Å²) in [6.45, 7) is 5.96. The fraction of sp³-hybridized carbons (Fsp3) is 0.214. The molecular weight excluding hydrogens is 498 g/mol. The van der Waals surface area contributed by atoms with Crippen molar-refractivity contribution >= 4 is 28.9 Å². The number of hydrogen-bond donors (Lipinski definition) is 3. The Morgan fingerprint density at radius 3 is 2.69 bits per heavy atom. The molecule has 3 heterocycles. The van der Waals surface area contributed by atoms with Crippen molar-refractivity contribution in [2.45, 2.75) is 6.61 Å². The summed E-state index contributed by atoms with van der Waals surface area (Å²) in [5, 5.41) is 20.7. The molecule has 2 aromatic heterocycles. The molecule has 0 radical (unpaired) electrons. The third kappa shape index (κ3) is 5.74. The summed E-state index contributed by atoms with van der Waals surface area (Å²) < 4.78 is 12.8. The lowest BCUT2D eigenvalue weighted by molar-refractivity contribution is -0.111. The van der Waals surface area contributed by atoms with E-state index in [2.05, 4.69) is 37.2 Å². The molecule has 11 heteroatoms. The molecule has 0 bridgehead atoms. The first-order valence-corrected chi connectivity index (χ1v) is 12.4. The van der Waals surface area contributed by atoms with E-state index in [0.717, 1.165) is 11.3 Å². The van der Waals surface area contributed by atoms with Crippen LogP contribution in [0.25, 0.3) is 17.1 Å². The highest BCUT2D eigenvalue weighted by Gasteiger charge is 2.20. The second-order valence-corrected chi connectivity index (χ2v) is 8.70. The van der Waals surface area contributed by atoms with Crippen LogP contribution in [0, 0.1) is 0 Å². The van der Waals surface area contributed by atoms with Crippen molar-refractivity contribution in [1.29, 1.82) is 0 Å². The fourth-order valence-corrected chi connectivity index (χ4v) is 4.32. The summed E-state index contributed by atoms with van der Waals surface area (Å²) in [4.78, 5) is 23.3. The number of nitrogens with zero attached hydrogens (tertiary/aromatic N) is 5. The van der Waals surface area contributed by atoms with Crippen molar-refractivity contribution in [2.24, 2.45) is 0 Å². The van der Waals surface area contributed by atoms with Crippen LogP contribution in [0.5, 0.6) is 5.75 Å². The average molecular weight is 528 g/mol. The van der Waals surface area contributed by atoms with Gasteiger partial charge in [-0.3, -0.25) is 4.79 Å². The van der Waals surface area contributed by atoms with Crippen molar-refractivity contribution in [3.05, 3.63) is 79.1 Å². The topological polar surface area (TPSA) is 127 Å². The van der Waals surface area contributed by atoms with Gasteiger partial charge in [-0.25, -0.2) is 9.67 Å². The monoisotopic (exact) mass is 527 g/mol. The molecule has 0 saturated carbocycles. The zero-order valence-corrected chi connectivity index (χ0v) is 21.5. The number of methoxy groups -OCH3 is 1. The Bertz CT molecular complexity index is 1470. The van der Waals surface area contributed by atoms with Crippen LogP contribution in [0.4, 0.5) is 23.0 Å². The number of ether oxygens (including phenoxy) is 2. The molecule has 1 aliphatic heterocycles. The Hall–Kier alpha value is -4.74. The van der Waals surface area contributed by atoms with Crippen LogP contribution < -0.4 is 20.3 Å². The summed E-state index contributed by atoms with van der Waals surface area (Å²) in [6.07, 6.45) is 4.58. The third-order valence-corrected chi connectivity index (χ3v) is 6.24. The molecular formula is C28H29N7O4. The van der Waals surface area contributed by atoms with Gasteiger partial charge in [0, 0.05) is 48.7 Å². The quantitative estimate of drug-likeness (QED) is 0.280. The predicted octanol–water partition coefficient (Wildman–Crippen LogP) is 3.53. The van der Waals surface area contributed by atoms with Gasteiger partial charge in [0.25, 0.3) is 0 Å². The van der Waals surface area contributed by atoms with E-state index < -0.39 is 0 Å². The average Bonchev–Trinajstić information content (AvgIpc) is 3.43.